The third-order valence-electron chi connectivity index (χ3n) is 1.73. The summed E-state index contributed by atoms with van der Waals surface area (Å²) in [6.45, 7) is -0.301. The van der Waals surface area contributed by atoms with Gasteiger partial charge in [0, 0.05) is 0 Å². The van der Waals surface area contributed by atoms with Crippen molar-refractivity contribution in [1.29, 1.82) is 5.26 Å². The molecule has 2 N–H and O–H groups in total. The maximum atomic E-state index is 13.3. The van der Waals surface area contributed by atoms with Gasteiger partial charge in [-0.05, 0) is 12.1 Å². The van der Waals surface area contributed by atoms with E-state index in [1.807, 2.05) is 10.6 Å². The zero-order valence-corrected chi connectivity index (χ0v) is 9.21. The summed E-state index contributed by atoms with van der Waals surface area (Å²) >= 11 is 5.49. The monoisotopic (exact) mass is 255 g/mol. The average Bonchev–Trinajstić information content (AvgIpc) is 2.31. The summed E-state index contributed by atoms with van der Waals surface area (Å²) in [6, 6.07) is 5.62. The lowest BCUT2D eigenvalue weighted by Gasteiger charge is -2.06. The van der Waals surface area contributed by atoms with Crippen LogP contribution >= 0.6 is 11.6 Å². The molecule has 0 bridgehead atoms. The van der Waals surface area contributed by atoms with Gasteiger partial charge in [-0.1, -0.05) is 17.7 Å². The highest BCUT2D eigenvalue weighted by Crippen LogP contribution is 2.21. The lowest BCUT2D eigenvalue weighted by Crippen LogP contribution is -2.35. The molecule has 1 aromatic rings. The largest absolute Gasteiger partial charge is 0.335 e. The van der Waals surface area contributed by atoms with Crippen molar-refractivity contribution in [3.8, 4) is 6.07 Å². The molecule has 5 nitrogen and oxygen atoms in total. The summed E-state index contributed by atoms with van der Waals surface area (Å²) in [5, 5.41) is 12.1. The molecule has 0 saturated carbocycles. The summed E-state index contributed by atoms with van der Waals surface area (Å²) in [5.41, 5.74) is -0.199. The van der Waals surface area contributed by atoms with E-state index in [-0.39, 0.29) is 17.3 Å². The molecule has 0 heterocycles. The molecule has 0 aliphatic heterocycles. The van der Waals surface area contributed by atoms with Gasteiger partial charge in [-0.25, -0.2) is 4.39 Å². The summed E-state index contributed by atoms with van der Waals surface area (Å²) in [4.78, 5) is 22.3. The number of nitrogens with zero attached hydrogens (tertiary/aromatic N) is 1. The molecule has 0 aliphatic rings. The van der Waals surface area contributed by atoms with Crippen LogP contribution in [0.15, 0.2) is 18.2 Å². The summed E-state index contributed by atoms with van der Waals surface area (Å²) < 4.78 is 13.3. The summed E-state index contributed by atoms with van der Waals surface area (Å²) in [7, 11) is 0. The van der Waals surface area contributed by atoms with Crippen LogP contribution in [0.25, 0.3) is 0 Å². The molecular formula is C10H7ClFN3O2. The Bertz CT molecular complexity index is 499. The first-order valence-electron chi connectivity index (χ1n) is 4.46. The third-order valence-corrected chi connectivity index (χ3v) is 2.03. The minimum Gasteiger partial charge on any atom is -0.335 e. The van der Waals surface area contributed by atoms with Crippen LogP contribution in [-0.4, -0.2) is 18.4 Å². The molecule has 88 valence electrons. The van der Waals surface area contributed by atoms with Gasteiger partial charge in [0.1, 0.15) is 6.54 Å². The zero-order chi connectivity index (χ0) is 12.8. The number of hydrogen-bond donors (Lipinski definition) is 2. The Balaban J connectivity index is 2.72. The molecule has 0 saturated heterocycles. The molecule has 17 heavy (non-hydrogen) atoms. The number of carbonyl (C=O) groups excluding carboxylic acids is 2. The fraction of sp³-hybridized carbons (Fsp3) is 0.100. The molecule has 0 fully saturated rings. The van der Waals surface area contributed by atoms with Crippen molar-refractivity contribution in [1.82, 2.24) is 5.32 Å². The van der Waals surface area contributed by atoms with Crippen LogP contribution in [0.3, 0.4) is 0 Å². The van der Waals surface area contributed by atoms with Crippen LogP contribution in [0, 0.1) is 17.1 Å². The first kappa shape index (κ1) is 12.9. The van der Waals surface area contributed by atoms with E-state index in [4.69, 9.17) is 16.9 Å². The fourth-order valence-corrected chi connectivity index (χ4v) is 1.15. The third kappa shape index (κ3) is 3.43. The second-order valence-corrected chi connectivity index (χ2v) is 3.30. The standard InChI is InChI=1S/C10H7ClFN3O2/c11-6-2-1-3-7(8(6)12)15-10(17)9(16)14-5-4-13/h1-3H,5H2,(H,14,16)(H,15,17). The van der Waals surface area contributed by atoms with E-state index in [2.05, 4.69) is 0 Å². The lowest BCUT2D eigenvalue weighted by atomic mass is 10.3. The number of halogens is 2. The Morgan fingerprint density at radius 3 is 2.76 bits per heavy atom. The lowest BCUT2D eigenvalue weighted by molar-refractivity contribution is -0.136. The van der Waals surface area contributed by atoms with E-state index in [1.165, 1.54) is 18.2 Å². The van der Waals surface area contributed by atoms with E-state index >= 15 is 0 Å². The SMILES string of the molecule is N#CCNC(=O)C(=O)Nc1cccc(Cl)c1F. The van der Waals surface area contributed by atoms with Gasteiger partial charge >= 0.3 is 11.8 Å². The van der Waals surface area contributed by atoms with Crippen molar-refractivity contribution in [2.45, 2.75) is 0 Å². The highest BCUT2D eigenvalue weighted by Gasteiger charge is 2.15. The van der Waals surface area contributed by atoms with Gasteiger partial charge < -0.3 is 10.6 Å². The van der Waals surface area contributed by atoms with E-state index in [1.54, 1.807) is 6.07 Å². The van der Waals surface area contributed by atoms with E-state index in [9.17, 15) is 14.0 Å². The van der Waals surface area contributed by atoms with Gasteiger partial charge in [0.2, 0.25) is 0 Å². The fourth-order valence-electron chi connectivity index (χ4n) is 0.980. The summed E-state index contributed by atoms with van der Waals surface area (Å²) in [5.74, 6) is -2.91. The average molecular weight is 256 g/mol. The Kier molecular flexibility index (Phi) is 4.43. The number of nitriles is 1. The normalized spacial score (nSPS) is 9.24. The first-order valence-corrected chi connectivity index (χ1v) is 4.84. The van der Waals surface area contributed by atoms with Gasteiger partial charge in [-0.15, -0.1) is 0 Å². The van der Waals surface area contributed by atoms with Gasteiger partial charge in [-0.3, -0.25) is 9.59 Å². The van der Waals surface area contributed by atoms with Crippen LogP contribution in [0.2, 0.25) is 5.02 Å². The maximum Gasteiger partial charge on any atom is 0.313 e. The van der Waals surface area contributed by atoms with Crippen molar-refractivity contribution >= 4 is 29.1 Å². The smallest absolute Gasteiger partial charge is 0.313 e. The molecule has 0 unspecified atom stereocenters. The molecular weight excluding hydrogens is 249 g/mol. The maximum absolute atomic E-state index is 13.3. The number of nitrogens with one attached hydrogen (secondary N) is 2. The second-order valence-electron chi connectivity index (χ2n) is 2.90. The minimum absolute atomic E-state index is 0.166. The Morgan fingerprint density at radius 1 is 1.41 bits per heavy atom. The van der Waals surface area contributed by atoms with Crippen molar-refractivity contribution in [3.63, 3.8) is 0 Å². The molecule has 0 spiro atoms. The Hall–Kier alpha value is -2.13. The molecule has 0 atom stereocenters. The van der Waals surface area contributed by atoms with Crippen LogP contribution in [-0.2, 0) is 9.59 Å². The number of benzene rings is 1. The number of amides is 2. The van der Waals surface area contributed by atoms with Crippen LogP contribution in [0.5, 0.6) is 0 Å². The van der Waals surface area contributed by atoms with Gasteiger partial charge in [0.25, 0.3) is 0 Å². The van der Waals surface area contributed by atoms with Gasteiger partial charge in [0.05, 0.1) is 16.8 Å². The van der Waals surface area contributed by atoms with Crippen molar-refractivity contribution in [2.75, 3.05) is 11.9 Å². The second kappa shape index (κ2) is 5.82. The van der Waals surface area contributed by atoms with Crippen LogP contribution in [0.1, 0.15) is 0 Å². The molecule has 2 amide bonds. The van der Waals surface area contributed by atoms with E-state index < -0.39 is 17.6 Å². The highest BCUT2D eigenvalue weighted by atomic mass is 35.5. The summed E-state index contributed by atoms with van der Waals surface area (Å²) in [6.07, 6.45) is 0. The highest BCUT2D eigenvalue weighted by molar-refractivity contribution is 6.39. The molecule has 0 aromatic heterocycles. The Morgan fingerprint density at radius 2 is 2.12 bits per heavy atom. The van der Waals surface area contributed by atoms with Gasteiger partial charge in [-0.2, -0.15) is 5.26 Å². The topological polar surface area (TPSA) is 82.0 Å². The minimum atomic E-state index is -1.07. The van der Waals surface area contributed by atoms with Gasteiger partial charge in [0.15, 0.2) is 5.82 Å². The molecule has 0 aliphatic carbocycles. The number of rotatable bonds is 2. The number of carbonyl (C=O) groups is 2. The van der Waals surface area contributed by atoms with Crippen molar-refractivity contribution in [2.24, 2.45) is 0 Å². The predicted octanol–water partition coefficient (Wildman–Crippen LogP) is 1.06. The molecule has 1 rings (SSSR count). The number of anilines is 1. The van der Waals surface area contributed by atoms with E-state index in [0.29, 0.717) is 0 Å². The predicted molar refractivity (Wildman–Crippen MR) is 58.7 cm³/mol. The molecule has 1 aromatic carbocycles. The molecule has 0 radical (unpaired) electrons. The Labute approximate surface area is 101 Å². The quantitative estimate of drug-likeness (QED) is 0.612. The first-order chi connectivity index (χ1) is 8.06. The van der Waals surface area contributed by atoms with Crippen molar-refractivity contribution < 1.29 is 14.0 Å². The molecule has 7 heteroatoms. The van der Waals surface area contributed by atoms with Crippen LogP contribution in [0.4, 0.5) is 10.1 Å². The van der Waals surface area contributed by atoms with Crippen LogP contribution < -0.4 is 10.6 Å². The van der Waals surface area contributed by atoms with Crippen molar-refractivity contribution in [3.05, 3.63) is 29.0 Å². The van der Waals surface area contributed by atoms with E-state index in [0.717, 1.165) is 0 Å². The number of hydrogen-bond acceptors (Lipinski definition) is 3. The zero-order valence-electron chi connectivity index (χ0n) is 8.46.